The van der Waals surface area contributed by atoms with Gasteiger partial charge in [-0.25, -0.2) is 4.79 Å². The zero-order valence-electron chi connectivity index (χ0n) is 14.4. The predicted octanol–water partition coefficient (Wildman–Crippen LogP) is 3.92. The fourth-order valence-electron chi connectivity index (χ4n) is 2.62. The van der Waals surface area contributed by atoms with Crippen LogP contribution in [0.3, 0.4) is 0 Å². The molecule has 1 aliphatic rings. The van der Waals surface area contributed by atoms with Gasteiger partial charge in [-0.15, -0.1) is 11.3 Å². The van der Waals surface area contributed by atoms with Crippen molar-refractivity contribution < 1.29 is 23.8 Å². The number of fused-ring (bicyclic) bond motifs is 1. The van der Waals surface area contributed by atoms with Crippen LogP contribution in [-0.4, -0.2) is 25.0 Å². The highest BCUT2D eigenvalue weighted by atomic mass is 32.1. The Morgan fingerprint density at radius 1 is 1.28 bits per heavy atom. The van der Waals surface area contributed by atoms with Gasteiger partial charge in [-0.3, -0.25) is 4.79 Å². The molecule has 0 spiro atoms. The highest BCUT2D eigenvalue weighted by Gasteiger charge is 2.30. The highest BCUT2D eigenvalue weighted by molar-refractivity contribution is 7.11. The Balaban J connectivity index is 1.90. The van der Waals surface area contributed by atoms with Gasteiger partial charge in [0.2, 0.25) is 5.78 Å². The van der Waals surface area contributed by atoms with E-state index in [2.05, 4.69) is 4.74 Å². The van der Waals surface area contributed by atoms with E-state index in [1.807, 2.05) is 25.3 Å². The van der Waals surface area contributed by atoms with Crippen molar-refractivity contribution in [3.8, 4) is 11.5 Å². The van der Waals surface area contributed by atoms with Crippen LogP contribution < -0.4 is 9.47 Å². The zero-order valence-corrected chi connectivity index (χ0v) is 15.2. The van der Waals surface area contributed by atoms with Gasteiger partial charge in [-0.2, -0.15) is 0 Å². The van der Waals surface area contributed by atoms with Gasteiger partial charge < -0.3 is 14.2 Å². The number of Topliss-reactive ketones (excluding diaryl/α,β-unsaturated/α-hetero) is 1. The molecule has 1 aliphatic heterocycles. The van der Waals surface area contributed by atoms with Gasteiger partial charge >= 0.3 is 5.97 Å². The second kappa shape index (κ2) is 6.72. The number of benzene rings is 1. The van der Waals surface area contributed by atoms with Crippen LogP contribution in [0.5, 0.6) is 11.5 Å². The van der Waals surface area contributed by atoms with Crippen LogP contribution >= 0.6 is 11.3 Å². The van der Waals surface area contributed by atoms with Crippen molar-refractivity contribution in [1.29, 1.82) is 0 Å². The molecule has 0 fully saturated rings. The molecular weight excluding hydrogens is 340 g/mol. The molecule has 1 atom stereocenters. The van der Waals surface area contributed by atoms with Crippen LogP contribution in [0.4, 0.5) is 0 Å². The minimum absolute atomic E-state index is 0.145. The summed E-state index contributed by atoms with van der Waals surface area (Å²) in [6.45, 7) is 5.40. The van der Waals surface area contributed by atoms with E-state index in [1.165, 1.54) is 7.11 Å². The number of thiophene rings is 1. The van der Waals surface area contributed by atoms with Crippen LogP contribution in [0.25, 0.3) is 6.08 Å². The minimum Gasteiger partial charge on any atom is -0.479 e. The Kier molecular flexibility index (Phi) is 4.63. The summed E-state index contributed by atoms with van der Waals surface area (Å²) in [4.78, 5) is 25.1. The van der Waals surface area contributed by atoms with Crippen molar-refractivity contribution in [2.75, 3.05) is 7.11 Å². The molecule has 1 aromatic heterocycles. The molecule has 1 aromatic carbocycles. The number of methoxy groups -OCH3 is 1. The van der Waals surface area contributed by atoms with Gasteiger partial charge in [0, 0.05) is 17.0 Å². The number of allylic oxidation sites excluding steroid dienone is 1. The fraction of sp³-hybridized carbons (Fsp3) is 0.263. The van der Waals surface area contributed by atoms with Gasteiger partial charge in [0.05, 0.1) is 12.7 Å². The maximum absolute atomic E-state index is 12.6. The van der Waals surface area contributed by atoms with Crippen molar-refractivity contribution >= 4 is 29.2 Å². The molecular formula is C19H18O5S. The first-order valence-electron chi connectivity index (χ1n) is 7.78. The van der Waals surface area contributed by atoms with E-state index >= 15 is 0 Å². The lowest BCUT2D eigenvalue weighted by Gasteiger charge is -2.13. The summed E-state index contributed by atoms with van der Waals surface area (Å²) < 4.78 is 16.0. The van der Waals surface area contributed by atoms with E-state index in [0.717, 1.165) is 16.0 Å². The van der Waals surface area contributed by atoms with E-state index in [4.69, 9.17) is 9.47 Å². The number of carbonyl (C=O) groups is 2. The van der Waals surface area contributed by atoms with Crippen molar-refractivity contribution in [1.82, 2.24) is 0 Å². The minimum atomic E-state index is -0.747. The Hall–Kier alpha value is -2.60. The number of rotatable bonds is 4. The maximum atomic E-state index is 12.6. The number of carbonyl (C=O) groups excluding carboxylic acids is 2. The number of hydrogen-bond acceptors (Lipinski definition) is 6. The third-order valence-electron chi connectivity index (χ3n) is 3.95. The van der Waals surface area contributed by atoms with Crippen LogP contribution in [0.2, 0.25) is 0 Å². The summed E-state index contributed by atoms with van der Waals surface area (Å²) in [7, 11) is 1.31. The van der Waals surface area contributed by atoms with Crippen LogP contribution in [0, 0.1) is 13.8 Å². The first-order valence-corrected chi connectivity index (χ1v) is 8.66. The molecule has 25 heavy (non-hydrogen) atoms. The van der Waals surface area contributed by atoms with E-state index in [1.54, 1.807) is 36.5 Å². The molecule has 0 saturated heterocycles. The van der Waals surface area contributed by atoms with Gasteiger partial charge in [0.15, 0.2) is 11.9 Å². The summed E-state index contributed by atoms with van der Waals surface area (Å²) in [6, 6.07) is 5.34. The predicted molar refractivity (Wildman–Crippen MR) is 95.3 cm³/mol. The Bertz CT molecular complexity index is 878. The highest BCUT2D eigenvalue weighted by Crippen LogP contribution is 2.38. The lowest BCUT2D eigenvalue weighted by Crippen LogP contribution is -2.24. The Morgan fingerprint density at radius 3 is 2.68 bits per heavy atom. The molecule has 6 heteroatoms. The van der Waals surface area contributed by atoms with Gasteiger partial charge in [-0.1, -0.05) is 0 Å². The largest absolute Gasteiger partial charge is 0.479 e. The maximum Gasteiger partial charge on any atom is 0.346 e. The van der Waals surface area contributed by atoms with Crippen LogP contribution in [0.1, 0.15) is 33.3 Å². The fourth-order valence-corrected chi connectivity index (χ4v) is 3.46. The smallest absolute Gasteiger partial charge is 0.346 e. The molecule has 0 N–H and O–H groups in total. The molecule has 0 saturated carbocycles. The molecule has 0 amide bonds. The lowest BCUT2D eigenvalue weighted by molar-refractivity contribution is -0.147. The summed E-state index contributed by atoms with van der Waals surface area (Å²) in [5, 5.41) is 1.97. The van der Waals surface area contributed by atoms with Crippen LogP contribution in [0.15, 0.2) is 29.3 Å². The summed E-state index contributed by atoms with van der Waals surface area (Å²) in [5.74, 6) is 0.576. The lowest BCUT2D eigenvalue weighted by atomic mass is 10.0. The summed E-state index contributed by atoms with van der Waals surface area (Å²) in [5.41, 5.74) is 2.36. The summed E-state index contributed by atoms with van der Waals surface area (Å²) >= 11 is 1.55. The van der Waals surface area contributed by atoms with E-state index in [9.17, 15) is 9.59 Å². The van der Waals surface area contributed by atoms with Crippen molar-refractivity contribution in [3.05, 3.63) is 50.9 Å². The molecule has 0 radical (unpaired) electrons. The molecule has 0 bridgehead atoms. The van der Waals surface area contributed by atoms with Crippen molar-refractivity contribution in [3.63, 3.8) is 0 Å². The molecule has 5 nitrogen and oxygen atoms in total. The zero-order chi connectivity index (χ0) is 18.1. The number of hydrogen-bond donors (Lipinski definition) is 0. The standard InChI is InChI=1S/C19H18O5S/c1-10-5-6-25-16(10)9-15-18(20)17-11(2)7-13(8-14(17)24-15)23-12(3)19(21)22-4/h5-9,12H,1-4H3/b15-9-. The Morgan fingerprint density at radius 2 is 2.04 bits per heavy atom. The molecule has 0 aliphatic carbocycles. The number of ether oxygens (including phenoxy) is 3. The quantitative estimate of drug-likeness (QED) is 0.612. The average molecular weight is 358 g/mol. The van der Waals surface area contributed by atoms with E-state index in [-0.39, 0.29) is 5.78 Å². The average Bonchev–Trinajstić information content (AvgIpc) is 3.11. The molecule has 1 unspecified atom stereocenters. The van der Waals surface area contributed by atoms with Crippen molar-refractivity contribution in [2.45, 2.75) is 26.9 Å². The Labute approximate surface area is 149 Å². The third-order valence-corrected chi connectivity index (χ3v) is 4.92. The number of ketones is 1. The first-order chi connectivity index (χ1) is 11.9. The van der Waals surface area contributed by atoms with E-state index < -0.39 is 12.1 Å². The topological polar surface area (TPSA) is 61.8 Å². The second-order valence-corrected chi connectivity index (χ2v) is 6.75. The monoisotopic (exact) mass is 358 g/mol. The third kappa shape index (κ3) is 3.30. The second-order valence-electron chi connectivity index (χ2n) is 5.80. The number of aryl methyl sites for hydroxylation is 2. The molecule has 2 aromatic rings. The van der Waals surface area contributed by atoms with Gasteiger partial charge in [0.25, 0.3) is 0 Å². The normalized spacial score (nSPS) is 15.7. The molecule has 2 heterocycles. The first kappa shape index (κ1) is 17.2. The molecule has 3 rings (SSSR count). The summed E-state index contributed by atoms with van der Waals surface area (Å²) in [6.07, 6.45) is 1.02. The molecule has 130 valence electrons. The SMILES string of the molecule is COC(=O)C(C)Oc1cc(C)c2c(c1)O/C(=C\c1sccc1C)C2=O. The van der Waals surface area contributed by atoms with Gasteiger partial charge in [-0.05, 0) is 49.4 Å². The van der Waals surface area contributed by atoms with E-state index in [0.29, 0.717) is 22.8 Å². The van der Waals surface area contributed by atoms with Gasteiger partial charge in [0.1, 0.15) is 11.5 Å². The van der Waals surface area contributed by atoms with Crippen molar-refractivity contribution in [2.24, 2.45) is 0 Å². The van der Waals surface area contributed by atoms with Crippen LogP contribution in [-0.2, 0) is 9.53 Å². The number of esters is 1.